The topological polar surface area (TPSA) is 91.4 Å². The molecule has 1 amide bonds. The van der Waals surface area contributed by atoms with Crippen LogP contribution in [0.15, 0.2) is 34.0 Å². The highest BCUT2D eigenvalue weighted by molar-refractivity contribution is 7.91. The summed E-state index contributed by atoms with van der Waals surface area (Å²) >= 11 is 13.0. The first-order valence-corrected chi connectivity index (χ1v) is 11.3. The summed E-state index contributed by atoms with van der Waals surface area (Å²) in [5.41, 5.74) is 0. The zero-order valence-electron chi connectivity index (χ0n) is 14.2. The Morgan fingerprint density at radius 3 is 2.89 bits per heavy atom. The maximum absolute atomic E-state index is 12.7. The molecule has 7 nitrogen and oxygen atoms in total. The molecule has 3 heterocycles. The number of rotatable bonds is 7. The quantitative estimate of drug-likeness (QED) is 0.635. The molecule has 1 atom stereocenters. The normalized spacial score (nSPS) is 17.8. The van der Waals surface area contributed by atoms with Gasteiger partial charge in [0.1, 0.15) is 16.1 Å². The Morgan fingerprint density at radius 1 is 1.37 bits per heavy atom. The number of hydrogen-bond donors (Lipinski definition) is 2. The van der Waals surface area contributed by atoms with Crippen molar-refractivity contribution >= 4 is 56.3 Å². The van der Waals surface area contributed by atoms with Gasteiger partial charge in [0, 0.05) is 25.8 Å². The largest absolute Gasteiger partial charge is 0.367 e. The number of carbonyl (C=O) groups is 1. The Morgan fingerprint density at radius 2 is 2.19 bits per heavy atom. The van der Waals surface area contributed by atoms with Gasteiger partial charge in [0.05, 0.1) is 10.0 Å². The molecule has 2 aromatic heterocycles. The first-order chi connectivity index (χ1) is 12.9. The molecule has 0 radical (unpaired) electrons. The molecule has 0 bridgehead atoms. The van der Waals surface area contributed by atoms with Crippen molar-refractivity contribution in [3.63, 3.8) is 0 Å². The van der Waals surface area contributed by atoms with Crippen molar-refractivity contribution in [2.24, 2.45) is 0 Å². The molecular formula is C16H18Cl2N4O3S2. The molecular weight excluding hydrogens is 431 g/mol. The van der Waals surface area contributed by atoms with Crippen molar-refractivity contribution in [3.05, 3.63) is 39.8 Å². The number of halogens is 2. The summed E-state index contributed by atoms with van der Waals surface area (Å²) in [6.45, 7) is 1.05. The van der Waals surface area contributed by atoms with Gasteiger partial charge in [-0.2, -0.15) is 4.31 Å². The van der Waals surface area contributed by atoms with Crippen molar-refractivity contribution in [1.29, 1.82) is 0 Å². The third kappa shape index (κ3) is 4.72. The summed E-state index contributed by atoms with van der Waals surface area (Å²) in [7, 11) is -3.64. The lowest BCUT2D eigenvalue weighted by atomic mass is 10.2. The molecule has 0 spiro atoms. The van der Waals surface area contributed by atoms with Crippen LogP contribution in [0.25, 0.3) is 0 Å². The Balaban J connectivity index is 1.54. The molecule has 1 fully saturated rings. The maximum Gasteiger partial charge on any atom is 0.253 e. The van der Waals surface area contributed by atoms with Gasteiger partial charge in [-0.25, -0.2) is 13.4 Å². The third-order valence-corrected chi connectivity index (χ3v) is 7.86. The lowest BCUT2D eigenvalue weighted by molar-refractivity contribution is -0.124. The van der Waals surface area contributed by atoms with Crippen LogP contribution >= 0.6 is 34.5 Å². The van der Waals surface area contributed by atoms with E-state index < -0.39 is 16.1 Å². The summed E-state index contributed by atoms with van der Waals surface area (Å²) in [6, 6.07) is 4.13. The van der Waals surface area contributed by atoms with Crippen LogP contribution in [-0.2, 0) is 14.8 Å². The van der Waals surface area contributed by atoms with Crippen LogP contribution < -0.4 is 10.6 Å². The molecule has 1 unspecified atom stereocenters. The second-order valence-electron chi connectivity index (χ2n) is 5.91. The molecule has 146 valence electrons. The van der Waals surface area contributed by atoms with E-state index >= 15 is 0 Å². The average molecular weight is 449 g/mol. The summed E-state index contributed by atoms with van der Waals surface area (Å²) in [5, 5.41) is 8.31. The number of carbonyl (C=O) groups excluding carboxylic acids is 1. The van der Waals surface area contributed by atoms with E-state index in [4.69, 9.17) is 23.2 Å². The predicted octanol–water partition coefficient (Wildman–Crippen LogP) is 2.83. The van der Waals surface area contributed by atoms with E-state index in [0.717, 1.165) is 11.3 Å². The van der Waals surface area contributed by atoms with Gasteiger partial charge in [0.2, 0.25) is 5.91 Å². The van der Waals surface area contributed by atoms with Gasteiger partial charge in [-0.15, -0.1) is 11.3 Å². The number of amides is 1. The lowest BCUT2D eigenvalue weighted by Gasteiger charge is -2.22. The van der Waals surface area contributed by atoms with Gasteiger partial charge in [0.25, 0.3) is 10.0 Å². The van der Waals surface area contributed by atoms with Crippen molar-refractivity contribution in [3.8, 4) is 0 Å². The van der Waals surface area contributed by atoms with Gasteiger partial charge < -0.3 is 10.6 Å². The molecule has 1 aliphatic rings. The summed E-state index contributed by atoms with van der Waals surface area (Å²) in [5.74, 6) is 0.169. The van der Waals surface area contributed by atoms with Crippen LogP contribution in [0.5, 0.6) is 0 Å². The smallest absolute Gasteiger partial charge is 0.253 e. The van der Waals surface area contributed by atoms with E-state index in [1.807, 2.05) is 0 Å². The molecule has 2 aromatic rings. The highest BCUT2D eigenvalue weighted by Gasteiger charge is 2.39. The first-order valence-electron chi connectivity index (χ1n) is 8.27. The standard InChI is InChI=1S/C16H18Cl2N4O3S2/c17-11-9-12(18)15(21-10-11)19-5-6-20-16(23)13-3-1-7-22(13)27(24,25)14-4-2-8-26-14/h2,4,8-10,13H,1,3,5-7H2,(H,19,21)(H,20,23). The Hall–Kier alpha value is -1.39. The fraction of sp³-hybridized carbons (Fsp3) is 0.375. The van der Waals surface area contributed by atoms with Gasteiger partial charge in [0.15, 0.2) is 0 Å². The van der Waals surface area contributed by atoms with Gasteiger partial charge in [-0.3, -0.25) is 4.79 Å². The molecule has 11 heteroatoms. The summed E-state index contributed by atoms with van der Waals surface area (Å²) < 4.78 is 26.9. The second-order valence-corrected chi connectivity index (χ2v) is 9.82. The minimum Gasteiger partial charge on any atom is -0.367 e. The molecule has 27 heavy (non-hydrogen) atoms. The van der Waals surface area contributed by atoms with E-state index in [2.05, 4.69) is 15.6 Å². The molecule has 1 saturated heterocycles. The summed E-state index contributed by atoms with van der Waals surface area (Å²) in [6.07, 6.45) is 2.64. The van der Waals surface area contributed by atoms with Crippen molar-refractivity contribution in [2.75, 3.05) is 25.0 Å². The fourth-order valence-electron chi connectivity index (χ4n) is 2.84. The van der Waals surface area contributed by atoms with Crippen LogP contribution in [0.3, 0.4) is 0 Å². The van der Waals surface area contributed by atoms with E-state index in [0.29, 0.717) is 48.3 Å². The molecule has 0 aliphatic carbocycles. The Kier molecular flexibility index (Phi) is 6.59. The van der Waals surface area contributed by atoms with Crippen LogP contribution in [0.1, 0.15) is 12.8 Å². The number of pyridine rings is 1. The van der Waals surface area contributed by atoms with Crippen LogP contribution in [0.4, 0.5) is 5.82 Å². The fourth-order valence-corrected chi connectivity index (χ4v) is 6.07. The van der Waals surface area contributed by atoms with Crippen molar-refractivity contribution in [2.45, 2.75) is 23.1 Å². The Labute approximate surface area is 171 Å². The molecule has 2 N–H and O–H groups in total. The minimum absolute atomic E-state index is 0.257. The second kappa shape index (κ2) is 8.74. The van der Waals surface area contributed by atoms with Gasteiger partial charge >= 0.3 is 0 Å². The molecule has 0 saturated carbocycles. The van der Waals surface area contributed by atoms with Crippen molar-refractivity contribution < 1.29 is 13.2 Å². The zero-order chi connectivity index (χ0) is 19.4. The number of nitrogens with zero attached hydrogens (tertiary/aromatic N) is 2. The number of nitrogens with one attached hydrogen (secondary N) is 2. The number of aromatic nitrogens is 1. The highest BCUT2D eigenvalue weighted by atomic mass is 35.5. The highest BCUT2D eigenvalue weighted by Crippen LogP contribution is 2.28. The SMILES string of the molecule is O=C(NCCNc1ncc(Cl)cc1Cl)C1CCCN1S(=O)(=O)c1cccs1. The molecule has 3 rings (SSSR count). The number of thiophene rings is 1. The summed E-state index contributed by atoms with van der Waals surface area (Å²) in [4.78, 5) is 16.6. The number of sulfonamides is 1. The van der Waals surface area contributed by atoms with E-state index in [9.17, 15) is 13.2 Å². The average Bonchev–Trinajstić information content (AvgIpc) is 3.31. The van der Waals surface area contributed by atoms with Crippen LogP contribution in [-0.4, -0.2) is 49.3 Å². The predicted molar refractivity (Wildman–Crippen MR) is 107 cm³/mol. The van der Waals surface area contributed by atoms with E-state index in [1.54, 1.807) is 23.6 Å². The monoisotopic (exact) mass is 448 g/mol. The van der Waals surface area contributed by atoms with Crippen molar-refractivity contribution in [1.82, 2.24) is 14.6 Å². The Bertz CT molecular complexity index is 906. The van der Waals surface area contributed by atoms with Crippen LogP contribution in [0.2, 0.25) is 10.0 Å². The number of anilines is 1. The van der Waals surface area contributed by atoms with E-state index in [1.165, 1.54) is 10.5 Å². The molecule has 1 aliphatic heterocycles. The van der Waals surface area contributed by atoms with Gasteiger partial charge in [-0.1, -0.05) is 29.3 Å². The lowest BCUT2D eigenvalue weighted by Crippen LogP contribution is -2.46. The van der Waals surface area contributed by atoms with Crippen LogP contribution in [0, 0.1) is 0 Å². The zero-order valence-corrected chi connectivity index (χ0v) is 17.3. The maximum atomic E-state index is 12.7. The third-order valence-electron chi connectivity index (χ3n) is 4.09. The first kappa shape index (κ1) is 20.3. The van der Waals surface area contributed by atoms with E-state index in [-0.39, 0.29) is 10.1 Å². The number of hydrogen-bond acceptors (Lipinski definition) is 6. The molecule has 0 aromatic carbocycles. The minimum atomic E-state index is -3.64. The van der Waals surface area contributed by atoms with Gasteiger partial charge in [-0.05, 0) is 30.4 Å².